The minimum atomic E-state index is -0.482. The molecule has 0 spiro atoms. The second-order valence-corrected chi connectivity index (χ2v) is 5.38. The Morgan fingerprint density at radius 1 is 1.12 bits per heavy atom. The van der Waals surface area contributed by atoms with Crippen LogP contribution in [0.4, 0.5) is 5.95 Å². The van der Waals surface area contributed by atoms with Crippen LogP contribution in [0.15, 0.2) is 6.07 Å². The fourth-order valence-electron chi connectivity index (χ4n) is 1.70. The van der Waals surface area contributed by atoms with Gasteiger partial charge in [0.2, 0.25) is 5.95 Å². The maximum absolute atomic E-state index is 5.89. The lowest BCUT2D eigenvalue weighted by atomic mass is 9.84. The van der Waals surface area contributed by atoms with Crippen molar-refractivity contribution in [1.82, 2.24) is 9.97 Å². The second-order valence-electron chi connectivity index (χ2n) is 5.38. The number of nitrogens with two attached hydrogens (primary N) is 1. The summed E-state index contributed by atoms with van der Waals surface area (Å²) in [6, 6.07) is 1.83. The van der Waals surface area contributed by atoms with Crippen molar-refractivity contribution in [3.8, 4) is 0 Å². The van der Waals surface area contributed by atoms with Crippen molar-refractivity contribution in [2.45, 2.75) is 45.8 Å². The molecule has 0 atom stereocenters. The van der Waals surface area contributed by atoms with Crippen molar-refractivity contribution in [3.63, 3.8) is 0 Å². The lowest BCUT2D eigenvalue weighted by molar-refractivity contribution is 0.00578. The van der Waals surface area contributed by atoms with Gasteiger partial charge < -0.3 is 15.0 Å². The van der Waals surface area contributed by atoms with Gasteiger partial charge >= 0.3 is 7.12 Å². The van der Waals surface area contributed by atoms with Crippen LogP contribution in [0.5, 0.6) is 0 Å². The Morgan fingerprint density at radius 3 is 2.12 bits per heavy atom. The van der Waals surface area contributed by atoms with Crippen molar-refractivity contribution < 1.29 is 9.31 Å². The lowest BCUT2D eigenvalue weighted by Crippen LogP contribution is -2.41. The van der Waals surface area contributed by atoms with Gasteiger partial charge in [0.15, 0.2) is 0 Å². The molecule has 5 nitrogen and oxygen atoms in total. The minimum absolute atomic E-state index is 0.245. The van der Waals surface area contributed by atoms with E-state index in [0.29, 0.717) is 5.59 Å². The molecule has 2 heterocycles. The molecule has 0 saturated carbocycles. The van der Waals surface area contributed by atoms with Crippen molar-refractivity contribution in [3.05, 3.63) is 11.8 Å². The van der Waals surface area contributed by atoms with Crippen LogP contribution < -0.4 is 11.3 Å². The Balaban J connectivity index is 2.32. The summed E-state index contributed by atoms with van der Waals surface area (Å²) in [5.74, 6) is 0.245. The molecule has 1 aliphatic heterocycles. The molecule has 17 heavy (non-hydrogen) atoms. The first kappa shape index (κ1) is 12.3. The van der Waals surface area contributed by atoms with Crippen molar-refractivity contribution in [1.29, 1.82) is 0 Å². The summed E-state index contributed by atoms with van der Waals surface area (Å²) in [4.78, 5) is 8.20. The van der Waals surface area contributed by atoms with Gasteiger partial charge in [-0.15, -0.1) is 0 Å². The first-order valence-electron chi connectivity index (χ1n) is 5.68. The number of hydrogen-bond donors (Lipinski definition) is 1. The van der Waals surface area contributed by atoms with Crippen LogP contribution in [0.2, 0.25) is 0 Å². The van der Waals surface area contributed by atoms with Crippen molar-refractivity contribution >= 4 is 18.7 Å². The quantitative estimate of drug-likeness (QED) is 0.724. The molecule has 1 aliphatic rings. The van der Waals surface area contributed by atoms with Gasteiger partial charge in [-0.05, 0) is 40.7 Å². The van der Waals surface area contributed by atoms with E-state index >= 15 is 0 Å². The van der Waals surface area contributed by atoms with E-state index in [1.165, 1.54) is 0 Å². The fraction of sp³-hybridized carbons (Fsp3) is 0.636. The van der Waals surface area contributed by atoms with Gasteiger partial charge in [-0.3, -0.25) is 0 Å². The largest absolute Gasteiger partial charge is 0.514 e. The number of nitrogen functional groups attached to an aromatic ring is 1. The first-order valence-corrected chi connectivity index (χ1v) is 5.68. The van der Waals surface area contributed by atoms with Crippen LogP contribution in [-0.2, 0) is 9.31 Å². The lowest BCUT2D eigenvalue weighted by Gasteiger charge is -2.32. The van der Waals surface area contributed by atoms with Gasteiger partial charge in [-0.25, -0.2) is 9.97 Å². The summed E-state index contributed by atoms with van der Waals surface area (Å²) >= 11 is 0. The molecular weight excluding hydrogens is 217 g/mol. The number of rotatable bonds is 1. The maximum atomic E-state index is 5.89. The van der Waals surface area contributed by atoms with Crippen LogP contribution in [0.3, 0.4) is 0 Å². The van der Waals surface area contributed by atoms with E-state index in [1.807, 2.05) is 40.7 Å². The molecule has 0 aromatic carbocycles. The van der Waals surface area contributed by atoms with Crippen molar-refractivity contribution in [2.24, 2.45) is 0 Å². The Labute approximate surface area is 102 Å². The molecule has 2 rings (SSSR count). The third kappa shape index (κ3) is 2.15. The third-order valence-corrected chi connectivity index (χ3v) is 3.39. The molecular formula is C11H18BN3O2. The summed E-state index contributed by atoms with van der Waals surface area (Å²) in [6.07, 6.45) is 0. The highest BCUT2D eigenvalue weighted by molar-refractivity contribution is 6.61. The third-order valence-electron chi connectivity index (χ3n) is 3.39. The standard InChI is InChI=1S/C11H18BN3O2/c1-7-6-8(15-9(13)14-7)12-16-10(2,3)11(4,5)17-12/h6H,1-5H3,(H2,13,14,15). The van der Waals surface area contributed by atoms with E-state index in [1.54, 1.807) is 0 Å². The van der Waals surface area contributed by atoms with Gasteiger partial charge in [0, 0.05) is 5.69 Å². The molecule has 0 aliphatic carbocycles. The van der Waals surface area contributed by atoms with Crippen LogP contribution in [0, 0.1) is 6.92 Å². The smallest absolute Gasteiger partial charge is 0.398 e. The van der Waals surface area contributed by atoms with Gasteiger partial charge in [0.05, 0.1) is 16.8 Å². The van der Waals surface area contributed by atoms with Crippen LogP contribution in [0.25, 0.3) is 0 Å². The van der Waals surface area contributed by atoms with Gasteiger partial charge in [-0.2, -0.15) is 0 Å². The highest BCUT2D eigenvalue weighted by Gasteiger charge is 2.52. The molecule has 0 bridgehead atoms. The van der Waals surface area contributed by atoms with Gasteiger partial charge in [0.1, 0.15) is 0 Å². The predicted molar refractivity (Wildman–Crippen MR) is 66.9 cm³/mol. The number of aryl methyl sites for hydroxylation is 1. The minimum Gasteiger partial charge on any atom is -0.398 e. The average Bonchev–Trinajstić information content (AvgIpc) is 2.34. The van der Waals surface area contributed by atoms with Gasteiger partial charge in [-0.1, -0.05) is 0 Å². The highest BCUT2D eigenvalue weighted by Crippen LogP contribution is 2.36. The predicted octanol–water partition coefficient (Wildman–Crippen LogP) is 0.666. The molecule has 0 amide bonds. The van der Waals surface area contributed by atoms with E-state index in [2.05, 4.69) is 9.97 Å². The molecule has 6 heteroatoms. The summed E-state index contributed by atoms with van der Waals surface area (Å²) in [5.41, 5.74) is 6.37. The fourth-order valence-corrected chi connectivity index (χ4v) is 1.70. The van der Waals surface area contributed by atoms with Crippen LogP contribution in [-0.4, -0.2) is 28.3 Å². The Kier molecular flexibility index (Phi) is 2.67. The summed E-state index contributed by atoms with van der Waals surface area (Å²) in [6.45, 7) is 9.89. The summed E-state index contributed by atoms with van der Waals surface area (Å²) in [5, 5.41) is 0. The van der Waals surface area contributed by atoms with E-state index in [9.17, 15) is 0 Å². The van der Waals surface area contributed by atoms with Crippen LogP contribution in [0.1, 0.15) is 33.4 Å². The number of nitrogens with zero attached hydrogens (tertiary/aromatic N) is 2. The topological polar surface area (TPSA) is 70.3 Å². The number of hydrogen-bond acceptors (Lipinski definition) is 5. The number of anilines is 1. The number of aromatic nitrogens is 2. The summed E-state index contributed by atoms with van der Waals surface area (Å²) < 4.78 is 11.8. The molecule has 1 aromatic heterocycles. The molecule has 0 radical (unpaired) electrons. The Hall–Kier alpha value is -1.14. The zero-order valence-electron chi connectivity index (χ0n) is 10.9. The van der Waals surface area contributed by atoms with Crippen molar-refractivity contribution in [2.75, 3.05) is 5.73 Å². The Morgan fingerprint density at radius 2 is 1.65 bits per heavy atom. The Bertz CT molecular complexity index is 412. The average molecular weight is 235 g/mol. The first-order chi connectivity index (χ1) is 7.71. The van der Waals surface area contributed by atoms with Crippen LogP contribution >= 0.6 is 0 Å². The molecule has 1 aromatic rings. The molecule has 1 saturated heterocycles. The second kappa shape index (κ2) is 3.68. The molecule has 0 unspecified atom stereocenters. The van der Waals surface area contributed by atoms with E-state index in [4.69, 9.17) is 15.0 Å². The van der Waals surface area contributed by atoms with E-state index in [0.717, 1.165) is 5.69 Å². The molecule has 1 fully saturated rings. The van der Waals surface area contributed by atoms with Gasteiger partial charge in [0.25, 0.3) is 0 Å². The SMILES string of the molecule is Cc1cc(B2OC(C)(C)C(C)(C)O2)nc(N)n1. The summed E-state index contributed by atoms with van der Waals surface area (Å²) in [7, 11) is -0.482. The maximum Gasteiger partial charge on any atom is 0.514 e. The van der Waals surface area contributed by atoms with E-state index < -0.39 is 7.12 Å². The molecule has 2 N–H and O–H groups in total. The highest BCUT2D eigenvalue weighted by atomic mass is 16.7. The monoisotopic (exact) mass is 235 g/mol. The zero-order chi connectivity index (χ0) is 12.8. The normalized spacial score (nSPS) is 21.8. The molecule has 92 valence electrons. The van der Waals surface area contributed by atoms with E-state index in [-0.39, 0.29) is 17.2 Å². The zero-order valence-corrected chi connectivity index (χ0v) is 10.9.